The number of amides is 1. The van der Waals surface area contributed by atoms with Gasteiger partial charge in [-0.1, -0.05) is 27.2 Å². The normalized spacial score (nSPS) is 21.9. The van der Waals surface area contributed by atoms with E-state index in [1.54, 1.807) is 0 Å². The van der Waals surface area contributed by atoms with E-state index in [4.69, 9.17) is 0 Å². The van der Waals surface area contributed by atoms with Crippen molar-refractivity contribution >= 4 is 5.91 Å². The lowest BCUT2D eigenvalue weighted by Gasteiger charge is -2.29. The van der Waals surface area contributed by atoms with Gasteiger partial charge >= 0.3 is 0 Å². The van der Waals surface area contributed by atoms with Crippen molar-refractivity contribution in [2.75, 3.05) is 20.1 Å². The third-order valence-electron chi connectivity index (χ3n) is 3.21. The van der Waals surface area contributed by atoms with Gasteiger partial charge in [0.1, 0.15) is 0 Å². The van der Waals surface area contributed by atoms with E-state index in [0.717, 1.165) is 19.5 Å². The quantitative estimate of drug-likeness (QED) is 0.798. The van der Waals surface area contributed by atoms with Crippen molar-refractivity contribution in [2.24, 2.45) is 5.41 Å². The molecule has 0 aromatic heterocycles. The molecule has 1 heterocycles. The first kappa shape index (κ1) is 13.5. The van der Waals surface area contributed by atoms with Gasteiger partial charge in [-0.3, -0.25) is 4.79 Å². The molecule has 0 radical (unpaired) electrons. The first-order valence-electron chi connectivity index (χ1n) is 6.40. The summed E-state index contributed by atoms with van der Waals surface area (Å²) in [4.78, 5) is 13.8. The fraction of sp³-hybridized carbons (Fsp3) is 0.923. The Morgan fingerprint density at radius 3 is 2.56 bits per heavy atom. The van der Waals surface area contributed by atoms with E-state index in [9.17, 15) is 4.79 Å². The van der Waals surface area contributed by atoms with Crippen LogP contribution in [0.4, 0.5) is 0 Å². The van der Waals surface area contributed by atoms with Gasteiger partial charge in [0.25, 0.3) is 0 Å². The molecule has 3 nitrogen and oxygen atoms in total. The molecule has 16 heavy (non-hydrogen) atoms. The van der Waals surface area contributed by atoms with Crippen LogP contribution in [0.25, 0.3) is 0 Å². The molecule has 1 unspecified atom stereocenters. The van der Waals surface area contributed by atoms with Crippen LogP contribution < -0.4 is 5.32 Å². The highest BCUT2D eigenvalue weighted by atomic mass is 16.2. The Morgan fingerprint density at radius 1 is 1.38 bits per heavy atom. The summed E-state index contributed by atoms with van der Waals surface area (Å²) >= 11 is 0. The fourth-order valence-corrected chi connectivity index (χ4v) is 2.19. The van der Waals surface area contributed by atoms with E-state index in [-0.39, 0.29) is 11.3 Å². The monoisotopic (exact) mass is 226 g/mol. The Kier molecular flexibility index (Phi) is 4.78. The summed E-state index contributed by atoms with van der Waals surface area (Å²) in [5.74, 6) is 0.239. The topological polar surface area (TPSA) is 32.3 Å². The van der Waals surface area contributed by atoms with Crippen molar-refractivity contribution in [2.45, 2.75) is 52.5 Å². The van der Waals surface area contributed by atoms with Crippen LogP contribution in [0.3, 0.4) is 0 Å². The zero-order valence-electron chi connectivity index (χ0n) is 11.2. The smallest absolute Gasteiger partial charge is 0.227 e. The summed E-state index contributed by atoms with van der Waals surface area (Å²) < 4.78 is 0. The van der Waals surface area contributed by atoms with Gasteiger partial charge in [0, 0.05) is 25.0 Å². The Balaban J connectivity index is 2.28. The molecule has 1 aliphatic heterocycles. The van der Waals surface area contributed by atoms with Crippen LogP contribution in [0.1, 0.15) is 46.5 Å². The van der Waals surface area contributed by atoms with Crippen LogP contribution in [-0.2, 0) is 4.79 Å². The highest BCUT2D eigenvalue weighted by Gasteiger charge is 2.25. The molecule has 3 heteroatoms. The maximum atomic E-state index is 11.9. The van der Waals surface area contributed by atoms with Gasteiger partial charge in [-0.15, -0.1) is 0 Å². The number of carbonyl (C=O) groups excluding carboxylic acids is 1. The Bertz CT molecular complexity index is 227. The number of rotatable bonds is 3. The van der Waals surface area contributed by atoms with Crippen LogP contribution >= 0.6 is 0 Å². The number of nitrogens with zero attached hydrogens (tertiary/aromatic N) is 1. The second kappa shape index (κ2) is 5.67. The lowest BCUT2D eigenvalue weighted by molar-refractivity contribution is -0.138. The van der Waals surface area contributed by atoms with Crippen LogP contribution in [0.2, 0.25) is 0 Å². The molecule has 1 rings (SSSR count). The zero-order chi connectivity index (χ0) is 12.2. The van der Waals surface area contributed by atoms with E-state index in [1.165, 1.54) is 19.3 Å². The minimum absolute atomic E-state index is 0.239. The molecule has 1 N–H and O–H groups in total. The summed E-state index contributed by atoms with van der Waals surface area (Å²) in [5.41, 5.74) is -0.255. The number of piperidine rings is 1. The van der Waals surface area contributed by atoms with Crippen molar-refractivity contribution in [1.82, 2.24) is 10.2 Å². The Morgan fingerprint density at radius 2 is 2.06 bits per heavy atom. The summed E-state index contributed by atoms with van der Waals surface area (Å²) in [7, 11) is 1.91. The molecule has 0 aliphatic carbocycles. The highest BCUT2D eigenvalue weighted by Crippen LogP contribution is 2.17. The average Bonchev–Trinajstić information content (AvgIpc) is 2.25. The molecule has 1 aliphatic rings. The van der Waals surface area contributed by atoms with E-state index < -0.39 is 0 Å². The Labute approximate surface area is 99.6 Å². The van der Waals surface area contributed by atoms with Gasteiger partial charge in [0.05, 0.1) is 0 Å². The van der Waals surface area contributed by atoms with Crippen molar-refractivity contribution in [3.05, 3.63) is 0 Å². The van der Waals surface area contributed by atoms with Gasteiger partial charge < -0.3 is 10.2 Å². The van der Waals surface area contributed by atoms with E-state index >= 15 is 0 Å². The number of hydrogen-bond acceptors (Lipinski definition) is 2. The number of carbonyl (C=O) groups is 1. The van der Waals surface area contributed by atoms with Crippen LogP contribution in [0.15, 0.2) is 0 Å². The maximum absolute atomic E-state index is 11.9. The number of nitrogens with one attached hydrogen (secondary N) is 1. The number of hydrogen-bond donors (Lipinski definition) is 1. The third-order valence-corrected chi connectivity index (χ3v) is 3.21. The minimum Gasteiger partial charge on any atom is -0.345 e. The molecule has 1 fully saturated rings. The third kappa shape index (κ3) is 4.12. The fourth-order valence-electron chi connectivity index (χ4n) is 2.19. The second-order valence-corrected chi connectivity index (χ2v) is 5.91. The van der Waals surface area contributed by atoms with E-state index in [2.05, 4.69) is 5.32 Å². The SMILES string of the molecule is CN(CCC1CCCCN1)C(=O)C(C)(C)C. The Hall–Kier alpha value is -0.570. The van der Waals surface area contributed by atoms with Crippen LogP contribution in [-0.4, -0.2) is 37.0 Å². The molecule has 0 saturated carbocycles. The van der Waals surface area contributed by atoms with Crippen molar-refractivity contribution in [3.63, 3.8) is 0 Å². The molecular weight excluding hydrogens is 200 g/mol. The largest absolute Gasteiger partial charge is 0.345 e. The second-order valence-electron chi connectivity index (χ2n) is 5.91. The average molecular weight is 226 g/mol. The molecule has 0 bridgehead atoms. The zero-order valence-corrected chi connectivity index (χ0v) is 11.2. The summed E-state index contributed by atoms with van der Waals surface area (Å²) in [6.07, 6.45) is 4.97. The molecule has 94 valence electrons. The molecular formula is C13H26N2O. The maximum Gasteiger partial charge on any atom is 0.227 e. The molecule has 0 aromatic carbocycles. The summed E-state index contributed by atoms with van der Waals surface area (Å²) in [6.45, 7) is 7.94. The first-order chi connectivity index (χ1) is 7.41. The predicted molar refractivity (Wildman–Crippen MR) is 67.4 cm³/mol. The van der Waals surface area contributed by atoms with Crippen molar-refractivity contribution < 1.29 is 4.79 Å². The predicted octanol–water partition coefficient (Wildman–Crippen LogP) is 2.02. The van der Waals surface area contributed by atoms with Gasteiger partial charge in [-0.2, -0.15) is 0 Å². The van der Waals surface area contributed by atoms with Gasteiger partial charge in [0.15, 0.2) is 0 Å². The standard InChI is InChI=1S/C13H26N2O/c1-13(2,3)12(16)15(4)10-8-11-7-5-6-9-14-11/h11,14H,5-10H2,1-4H3. The first-order valence-corrected chi connectivity index (χ1v) is 6.40. The van der Waals surface area contributed by atoms with Crippen LogP contribution in [0, 0.1) is 5.41 Å². The van der Waals surface area contributed by atoms with E-state index in [0.29, 0.717) is 6.04 Å². The van der Waals surface area contributed by atoms with Gasteiger partial charge in [0.2, 0.25) is 5.91 Å². The molecule has 1 atom stereocenters. The summed E-state index contributed by atoms with van der Waals surface area (Å²) in [5, 5.41) is 3.51. The minimum atomic E-state index is -0.255. The van der Waals surface area contributed by atoms with Gasteiger partial charge in [-0.25, -0.2) is 0 Å². The van der Waals surface area contributed by atoms with Crippen LogP contribution in [0.5, 0.6) is 0 Å². The molecule has 0 aromatic rings. The van der Waals surface area contributed by atoms with Crippen molar-refractivity contribution in [1.29, 1.82) is 0 Å². The van der Waals surface area contributed by atoms with E-state index in [1.807, 2.05) is 32.7 Å². The summed E-state index contributed by atoms with van der Waals surface area (Å²) in [6, 6.07) is 0.615. The molecule has 1 amide bonds. The van der Waals surface area contributed by atoms with Gasteiger partial charge in [-0.05, 0) is 25.8 Å². The molecule has 1 saturated heterocycles. The highest BCUT2D eigenvalue weighted by molar-refractivity contribution is 5.81. The molecule has 0 spiro atoms. The lowest BCUT2D eigenvalue weighted by Crippen LogP contribution is -2.41. The van der Waals surface area contributed by atoms with Crippen molar-refractivity contribution in [3.8, 4) is 0 Å². The lowest BCUT2D eigenvalue weighted by atomic mass is 9.94.